The van der Waals surface area contributed by atoms with E-state index in [-0.39, 0.29) is 11.4 Å². The Morgan fingerprint density at radius 3 is 2.69 bits per heavy atom. The van der Waals surface area contributed by atoms with Crippen LogP contribution in [0.3, 0.4) is 0 Å². The van der Waals surface area contributed by atoms with E-state index in [2.05, 4.69) is 17.0 Å². The van der Waals surface area contributed by atoms with Crippen LogP contribution in [0.5, 0.6) is 0 Å². The van der Waals surface area contributed by atoms with Crippen LogP contribution >= 0.6 is 11.8 Å². The van der Waals surface area contributed by atoms with Crippen molar-refractivity contribution in [2.24, 2.45) is 5.92 Å². The van der Waals surface area contributed by atoms with Crippen molar-refractivity contribution in [3.63, 3.8) is 0 Å². The van der Waals surface area contributed by atoms with E-state index in [0.717, 1.165) is 29.2 Å². The molecule has 5 rings (SSSR count). The lowest BCUT2D eigenvalue weighted by Gasteiger charge is -2.27. The van der Waals surface area contributed by atoms with Gasteiger partial charge < -0.3 is 4.57 Å². The molecule has 2 aromatic carbocycles. The fourth-order valence-electron chi connectivity index (χ4n) is 4.95. The number of halogens is 1. The molecule has 3 nitrogen and oxygen atoms in total. The minimum absolute atomic E-state index is 0.0273. The maximum Gasteiger partial charge on any atom is 0.255 e. The normalized spacial score (nSPS) is 21.3. The Morgan fingerprint density at radius 1 is 1.07 bits per heavy atom. The number of pyridine rings is 1. The van der Waals surface area contributed by atoms with Crippen molar-refractivity contribution in [2.75, 3.05) is 12.3 Å². The molecule has 0 amide bonds. The molecule has 150 valence electrons. The SMILES string of the molecule is O=c1c(CN2C[C@@H]3CC[C@@H]2C3)cc2ccc(F)cc2n1CCSc1ccccc1. The summed E-state index contributed by atoms with van der Waals surface area (Å²) in [7, 11) is 0. The smallest absolute Gasteiger partial charge is 0.255 e. The van der Waals surface area contributed by atoms with Gasteiger partial charge in [0.25, 0.3) is 5.56 Å². The van der Waals surface area contributed by atoms with E-state index in [1.165, 1.54) is 36.3 Å². The van der Waals surface area contributed by atoms with Gasteiger partial charge in [0.1, 0.15) is 5.82 Å². The molecule has 2 heterocycles. The highest BCUT2D eigenvalue weighted by molar-refractivity contribution is 7.99. The molecule has 1 saturated heterocycles. The van der Waals surface area contributed by atoms with Crippen LogP contribution in [0, 0.1) is 11.7 Å². The van der Waals surface area contributed by atoms with Gasteiger partial charge in [-0.3, -0.25) is 9.69 Å². The third kappa shape index (κ3) is 3.86. The number of aromatic nitrogens is 1. The first-order valence-electron chi connectivity index (χ1n) is 10.4. The Kier molecular flexibility index (Phi) is 5.18. The summed E-state index contributed by atoms with van der Waals surface area (Å²) in [4.78, 5) is 17.0. The average Bonchev–Trinajstić information content (AvgIpc) is 3.35. The number of thioether (sulfide) groups is 1. The summed E-state index contributed by atoms with van der Waals surface area (Å²) in [6.45, 7) is 2.38. The summed E-state index contributed by atoms with van der Waals surface area (Å²) in [6.07, 6.45) is 3.87. The summed E-state index contributed by atoms with van der Waals surface area (Å²) < 4.78 is 15.7. The summed E-state index contributed by atoms with van der Waals surface area (Å²) in [6, 6.07) is 17.6. The van der Waals surface area contributed by atoms with Gasteiger partial charge in [-0.05, 0) is 67.0 Å². The minimum Gasteiger partial charge on any atom is -0.307 e. The van der Waals surface area contributed by atoms with Gasteiger partial charge in [-0.25, -0.2) is 4.39 Å². The van der Waals surface area contributed by atoms with Crippen molar-refractivity contribution in [3.05, 3.63) is 76.3 Å². The third-order valence-electron chi connectivity index (χ3n) is 6.36. The van der Waals surface area contributed by atoms with Crippen molar-refractivity contribution in [1.29, 1.82) is 0 Å². The van der Waals surface area contributed by atoms with Crippen LogP contribution < -0.4 is 5.56 Å². The highest BCUT2D eigenvalue weighted by Crippen LogP contribution is 2.38. The van der Waals surface area contributed by atoms with Gasteiger partial charge in [-0.2, -0.15) is 0 Å². The molecule has 2 atom stereocenters. The standard InChI is InChI=1S/C24H25FN2OS/c25-20-8-7-18-13-19(16-26-15-17-6-9-21(26)12-17)24(28)27(23(18)14-20)10-11-29-22-4-2-1-3-5-22/h1-5,7-8,13-14,17,21H,6,9-12,15-16H2/t17-,21-/m1/s1. The van der Waals surface area contributed by atoms with Crippen molar-refractivity contribution >= 4 is 22.7 Å². The molecular formula is C24H25FN2OS. The van der Waals surface area contributed by atoms with Crippen LogP contribution in [0.25, 0.3) is 10.9 Å². The molecule has 3 aromatic rings. The Balaban J connectivity index is 1.44. The second kappa shape index (κ2) is 7.96. The van der Waals surface area contributed by atoms with Crippen molar-refractivity contribution in [3.8, 4) is 0 Å². The molecule has 5 heteroatoms. The van der Waals surface area contributed by atoms with Gasteiger partial charge in [-0.1, -0.05) is 18.2 Å². The number of rotatable bonds is 6. The molecule has 1 aliphatic carbocycles. The van der Waals surface area contributed by atoms with E-state index >= 15 is 0 Å². The van der Waals surface area contributed by atoms with Gasteiger partial charge in [-0.15, -0.1) is 11.8 Å². The first-order chi connectivity index (χ1) is 14.2. The van der Waals surface area contributed by atoms with E-state index in [1.54, 1.807) is 22.4 Å². The number of benzene rings is 2. The van der Waals surface area contributed by atoms with Gasteiger partial charge in [0.2, 0.25) is 0 Å². The number of fused-ring (bicyclic) bond motifs is 3. The topological polar surface area (TPSA) is 25.2 Å². The van der Waals surface area contributed by atoms with Gasteiger partial charge >= 0.3 is 0 Å². The molecule has 0 radical (unpaired) electrons. The molecule has 1 aliphatic heterocycles. The number of likely N-dealkylation sites (tertiary alicyclic amines) is 1. The van der Waals surface area contributed by atoms with Crippen LogP contribution in [0.4, 0.5) is 4.39 Å². The minimum atomic E-state index is -0.300. The number of hydrogen-bond acceptors (Lipinski definition) is 3. The van der Waals surface area contributed by atoms with E-state index in [0.29, 0.717) is 24.6 Å². The largest absolute Gasteiger partial charge is 0.307 e. The molecule has 2 aliphatic rings. The summed E-state index contributed by atoms with van der Waals surface area (Å²) in [5.74, 6) is 1.28. The summed E-state index contributed by atoms with van der Waals surface area (Å²) >= 11 is 1.72. The highest BCUT2D eigenvalue weighted by Gasteiger charge is 2.37. The van der Waals surface area contributed by atoms with Crippen LogP contribution in [0.2, 0.25) is 0 Å². The Bertz CT molecular complexity index is 1080. The van der Waals surface area contributed by atoms with E-state index in [1.807, 2.05) is 24.3 Å². The molecular weight excluding hydrogens is 383 g/mol. The van der Waals surface area contributed by atoms with Crippen LogP contribution in [-0.4, -0.2) is 27.8 Å². The molecule has 0 spiro atoms. The maximum atomic E-state index is 13.9. The molecule has 2 fully saturated rings. The number of aryl methyl sites for hydroxylation is 1. The van der Waals surface area contributed by atoms with Crippen LogP contribution in [-0.2, 0) is 13.1 Å². The third-order valence-corrected chi connectivity index (χ3v) is 7.35. The van der Waals surface area contributed by atoms with Gasteiger partial charge in [0.05, 0.1) is 5.52 Å². The van der Waals surface area contributed by atoms with Crippen LogP contribution in [0.15, 0.2) is 64.3 Å². The van der Waals surface area contributed by atoms with E-state index < -0.39 is 0 Å². The first kappa shape index (κ1) is 18.9. The molecule has 1 aromatic heterocycles. The highest BCUT2D eigenvalue weighted by atomic mass is 32.2. The van der Waals surface area contributed by atoms with Crippen molar-refractivity contribution in [1.82, 2.24) is 9.47 Å². The van der Waals surface area contributed by atoms with Gasteiger partial charge in [0.15, 0.2) is 0 Å². The molecule has 2 bridgehead atoms. The predicted molar refractivity (Wildman–Crippen MR) is 117 cm³/mol. The quantitative estimate of drug-likeness (QED) is 0.542. The Hall–Kier alpha value is -2.11. The number of nitrogens with zero attached hydrogens (tertiary/aromatic N) is 2. The van der Waals surface area contributed by atoms with Crippen molar-refractivity contribution in [2.45, 2.75) is 43.3 Å². The Morgan fingerprint density at radius 2 is 1.93 bits per heavy atom. The second-order valence-corrected chi connectivity index (χ2v) is 9.42. The molecule has 0 N–H and O–H groups in total. The zero-order valence-electron chi connectivity index (χ0n) is 16.4. The fraction of sp³-hybridized carbons (Fsp3) is 0.375. The lowest BCUT2D eigenvalue weighted by atomic mass is 10.1. The van der Waals surface area contributed by atoms with Gasteiger partial charge in [0, 0.05) is 41.9 Å². The second-order valence-electron chi connectivity index (χ2n) is 8.25. The molecule has 29 heavy (non-hydrogen) atoms. The summed E-state index contributed by atoms with van der Waals surface area (Å²) in [5.41, 5.74) is 1.55. The number of piperidine rings is 1. The van der Waals surface area contributed by atoms with Crippen LogP contribution in [0.1, 0.15) is 24.8 Å². The lowest BCUT2D eigenvalue weighted by molar-refractivity contribution is 0.204. The maximum absolute atomic E-state index is 13.9. The van der Waals surface area contributed by atoms with Crippen molar-refractivity contribution < 1.29 is 4.39 Å². The monoisotopic (exact) mass is 408 g/mol. The molecule has 0 unspecified atom stereocenters. The average molecular weight is 409 g/mol. The first-order valence-corrected chi connectivity index (χ1v) is 11.4. The number of hydrogen-bond donors (Lipinski definition) is 0. The van der Waals surface area contributed by atoms with E-state index in [9.17, 15) is 9.18 Å². The lowest BCUT2D eigenvalue weighted by Crippen LogP contribution is -2.35. The zero-order chi connectivity index (χ0) is 19.8. The fourth-order valence-corrected chi connectivity index (χ4v) is 5.81. The van der Waals surface area contributed by atoms with E-state index in [4.69, 9.17) is 0 Å². The zero-order valence-corrected chi connectivity index (χ0v) is 17.2. The summed E-state index contributed by atoms with van der Waals surface area (Å²) in [5, 5.41) is 0.940. The Labute approximate surface area is 174 Å². The predicted octanol–water partition coefficient (Wildman–Crippen LogP) is 4.92. The molecule has 1 saturated carbocycles.